The van der Waals surface area contributed by atoms with Gasteiger partial charge in [-0.1, -0.05) is 49.7 Å². The van der Waals surface area contributed by atoms with Gasteiger partial charge in [-0.15, -0.1) is 0 Å². The second-order valence-corrected chi connectivity index (χ2v) is 11.0. The van der Waals surface area contributed by atoms with Crippen LogP contribution in [0.3, 0.4) is 0 Å². The van der Waals surface area contributed by atoms with E-state index in [1.807, 2.05) is 26.0 Å². The van der Waals surface area contributed by atoms with E-state index in [4.69, 9.17) is 16.3 Å². The molecular weight excluding hydrogens is 484 g/mol. The smallest absolute Gasteiger partial charge is 0.264 e. The van der Waals surface area contributed by atoms with Gasteiger partial charge in [0.15, 0.2) is 0 Å². The quantitative estimate of drug-likeness (QED) is 0.388. The van der Waals surface area contributed by atoms with Crippen molar-refractivity contribution in [1.82, 2.24) is 5.32 Å². The molecule has 1 amide bonds. The highest BCUT2D eigenvalue weighted by Crippen LogP contribution is 2.32. The minimum Gasteiger partial charge on any atom is -0.496 e. The number of aryl methyl sites for hydroxylation is 1. The van der Waals surface area contributed by atoms with Gasteiger partial charge in [0.2, 0.25) is 5.91 Å². The van der Waals surface area contributed by atoms with Crippen LogP contribution in [0.25, 0.3) is 0 Å². The molecule has 0 aliphatic heterocycles. The first-order valence-electron chi connectivity index (χ1n) is 11.4. The van der Waals surface area contributed by atoms with Gasteiger partial charge in [-0.05, 0) is 78.9 Å². The Labute approximate surface area is 212 Å². The fourth-order valence-electron chi connectivity index (χ4n) is 3.97. The van der Waals surface area contributed by atoms with Crippen molar-refractivity contribution in [1.29, 1.82) is 0 Å². The summed E-state index contributed by atoms with van der Waals surface area (Å²) >= 11 is 6.14. The van der Waals surface area contributed by atoms with Gasteiger partial charge in [0.25, 0.3) is 10.0 Å². The molecule has 0 heterocycles. The third kappa shape index (κ3) is 6.16. The SMILES string of the molecule is COc1cc(C)c([C@@H](C)NC(=O)CN(c2cccc(Cl)c2)S(=O)(=O)c2ccccc2)cc1C(C)C. The van der Waals surface area contributed by atoms with Gasteiger partial charge in [0.05, 0.1) is 23.7 Å². The van der Waals surface area contributed by atoms with Crippen LogP contribution in [0.2, 0.25) is 5.02 Å². The summed E-state index contributed by atoms with van der Waals surface area (Å²) in [4.78, 5) is 13.2. The van der Waals surface area contributed by atoms with Gasteiger partial charge in [0.1, 0.15) is 12.3 Å². The van der Waals surface area contributed by atoms with Crippen molar-refractivity contribution in [3.05, 3.63) is 88.4 Å². The van der Waals surface area contributed by atoms with Crippen LogP contribution in [0, 0.1) is 6.92 Å². The van der Waals surface area contributed by atoms with Crippen molar-refractivity contribution in [2.24, 2.45) is 0 Å². The molecule has 0 saturated carbocycles. The predicted octanol–water partition coefficient (Wildman–Crippen LogP) is 5.85. The molecule has 1 N–H and O–H groups in total. The first kappa shape index (κ1) is 26.6. The first-order valence-corrected chi connectivity index (χ1v) is 13.2. The molecule has 0 saturated heterocycles. The van der Waals surface area contributed by atoms with Crippen LogP contribution in [0.5, 0.6) is 5.75 Å². The molecule has 0 aliphatic carbocycles. The minimum atomic E-state index is -4.00. The number of methoxy groups -OCH3 is 1. The molecule has 6 nitrogen and oxygen atoms in total. The van der Waals surface area contributed by atoms with Crippen LogP contribution >= 0.6 is 11.6 Å². The number of benzene rings is 3. The Morgan fingerprint density at radius 1 is 1.00 bits per heavy atom. The van der Waals surface area contributed by atoms with E-state index >= 15 is 0 Å². The van der Waals surface area contributed by atoms with Gasteiger partial charge in [-0.2, -0.15) is 0 Å². The average Bonchev–Trinajstić information content (AvgIpc) is 2.82. The van der Waals surface area contributed by atoms with Crippen molar-refractivity contribution in [3.63, 3.8) is 0 Å². The lowest BCUT2D eigenvalue weighted by molar-refractivity contribution is -0.120. The summed E-state index contributed by atoms with van der Waals surface area (Å²) in [6, 6.07) is 18.1. The molecule has 3 aromatic carbocycles. The summed E-state index contributed by atoms with van der Waals surface area (Å²) < 4.78 is 33.5. The van der Waals surface area contributed by atoms with Gasteiger partial charge >= 0.3 is 0 Å². The number of nitrogens with one attached hydrogen (secondary N) is 1. The second kappa shape index (κ2) is 11.1. The van der Waals surface area contributed by atoms with Gasteiger partial charge in [-0.3, -0.25) is 9.10 Å². The molecule has 3 rings (SSSR count). The molecule has 0 bridgehead atoms. The Kier molecular flexibility index (Phi) is 8.46. The standard InChI is InChI=1S/C27H31ClN2O4S/c1-18(2)24-16-25(19(3)14-26(24)34-5)20(4)29-27(31)17-30(22-11-9-10-21(28)15-22)35(32,33)23-12-7-6-8-13-23/h6-16,18,20H,17H2,1-5H3,(H,29,31)/t20-/m1/s1. The predicted molar refractivity (Wildman–Crippen MR) is 141 cm³/mol. The molecular formula is C27H31ClN2O4S. The van der Waals surface area contributed by atoms with E-state index in [2.05, 4.69) is 19.2 Å². The van der Waals surface area contributed by atoms with Gasteiger partial charge in [0, 0.05) is 5.02 Å². The third-order valence-corrected chi connectivity index (χ3v) is 7.82. The fourth-order valence-corrected chi connectivity index (χ4v) is 5.59. The maximum atomic E-state index is 13.5. The Morgan fingerprint density at radius 2 is 1.69 bits per heavy atom. The zero-order valence-corrected chi connectivity index (χ0v) is 22.2. The average molecular weight is 515 g/mol. The zero-order valence-electron chi connectivity index (χ0n) is 20.6. The summed E-state index contributed by atoms with van der Waals surface area (Å²) in [6.45, 7) is 7.61. The Bertz CT molecular complexity index is 1290. The lowest BCUT2D eigenvalue weighted by Gasteiger charge is -2.26. The highest BCUT2D eigenvalue weighted by Gasteiger charge is 2.28. The topological polar surface area (TPSA) is 75.7 Å². The zero-order chi connectivity index (χ0) is 25.8. The molecule has 8 heteroatoms. The van der Waals surface area contributed by atoms with Crippen molar-refractivity contribution < 1.29 is 17.9 Å². The van der Waals surface area contributed by atoms with Gasteiger partial charge < -0.3 is 10.1 Å². The van der Waals surface area contributed by atoms with Crippen molar-refractivity contribution in [2.45, 2.75) is 44.6 Å². The number of carbonyl (C=O) groups is 1. The lowest BCUT2D eigenvalue weighted by atomic mass is 9.93. The Balaban J connectivity index is 1.91. The van der Waals surface area contributed by atoms with Crippen LogP contribution in [0.1, 0.15) is 49.4 Å². The number of anilines is 1. The highest BCUT2D eigenvalue weighted by molar-refractivity contribution is 7.92. The molecule has 3 aromatic rings. The maximum absolute atomic E-state index is 13.5. The van der Waals surface area contributed by atoms with E-state index in [1.54, 1.807) is 43.5 Å². The summed E-state index contributed by atoms with van der Waals surface area (Å²) in [6.07, 6.45) is 0. The molecule has 0 aliphatic rings. The van der Waals surface area contributed by atoms with E-state index in [-0.39, 0.29) is 16.9 Å². The van der Waals surface area contributed by atoms with Crippen LogP contribution in [-0.4, -0.2) is 28.0 Å². The normalized spacial score (nSPS) is 12.3. The number of nitrogens with zero attached hydrogens (tertiary/aromatic N) is 1. The third-order valence-electron chi connectivity index (χ3n) is 5.80. The summed E-state index contributed by atoms with van der Waals surface area (Å²) in [7, 11) is -2.36. The minimum absolute atomic E-state index is 0.0911. The molecule has 0 radical (unpaired) electrons. The second-order valence-electron chi connectivity index (χ2n) is 8.70. The largest absolute Gasteiger partial charge is 0.496 e. The Hall–Kier alpha value is -3.03. The number of amides is 1. The fraction of sp³-hybridized carbons (Fsp3) is 0.296. The van der Waals surface area contributed by atoms with E-state index in [0.29, 0.717) is 10.7 Å². The van der Waals surface area contributed by atoms with Gasteiger partial charge in [-0.25, -0.2) is 8.42 Å². The number of halogens is 1. The molecule has 35 heavy (non-hydrogen) atoms. The molecule has 0 aromatic heterocycles. The number of hydrogen-bond donors (Lipinski definition) is 1. The molecule has 0 fully saturated rings. The van der Waals surface area contributed by atoms with Crippen LogP contribution in [0.15, 0.2) is 71.6 Å². The molecule has 1 atom stereocenters. The number of rotatable bonds is 9. The highest BCUT2D eigenvalue weighted by atomic mass is 35.5. The molecule has 0 spiro atoms. The van der Waals surface area contributed by atoms with E-state index in [9.17, 15) is 13.2 Å². The van der Waals surface area contributed by atoms with Crippen molar-refractivity contribution in [3.8, 4) is 5.75 Å². The first-order chi connectivity index (χ1) is 16.5. The lowest BCUT2D eigenvalue weighted by Crippen LogP contribution is -2.41. The van der Waals surface area contributed by atoms with Crippen LogP contribution < -0.4 is 14.4 Å². The van der Waals surface area contributed by atoms with E-state index in [0.717, 1.165) is 26.7 Å². The molecule has 0 unspecified atom stereocenters. The summed E-state index contributed by atoms with van der Waals surface area (Å²) in [5.41, 5.74) is 3.28. The number of carbonyl (C=O) groups excluding carboxylic acids is 1. The monoisotopic (exact) mass is 514 g/mol. The van der Waals surface area contributed by atoms with Crippen molar-refractivity contribution >= 4 is 33.2 Å². The number of ether oxygens (including phenoxy) is 1. The maximum Gasteiger partial charge on any atom is 0.264 e. The van der Waals surface area contributed by atoms with E-state index < -0.39 is 22.5 Å². The van der Waals surface area contributed by atoms with Crippen LogP contribution in [-0.2, 0) is 14.8 Å². The number of hydrogen-bond acceptors (Lipinski definition) is 4. The summed E-state index contributed by atoms with van der Waals surface area (Å²) in [5.74, 6) is 0.612. The van der Waals surface area contributed by atoms with Crippen molar-refractivity contribution in [2.75, 3.05) is 18.0 Å². The number of sulfonamides is 1. The van der Waals surface area contributed by atoms with Crippen LogP contribution in [0.4, 0.5) is 5.69 Å². The summed E-state index contributed by atoms with van der Waals surface area (Å²) in [5, 5.41) is 3.33. The van der Waals surface area contributed by atoms with E-state index in [1.165, 1.54) is 18.2 Å². The Morgan fingerprint density at radius 3 is 2.29 bits per heavy atom. The molecule has 186 valence electrons.